The summed E-state index contributed by atoms with van der Waals surface area (Å²) in [5.41, 5.74) is 1.38. The lowest BCUT2D eigenvalue weighted by molar-refractivity contribution is -0.139. The molecule has 1 unspecified atom stereocenters. The Labute approximate surface area is 151 Å². The summed E-state index contributed by atoms with van der Waals surface area (Å²) in [6.07, 6.45) is 5.60. The van der Waals surface area contributed by atoms with Crippen LogP contribution in [0.3, 0.4) is 0 Å². The van der Waals surface area contributed by atoms with Crippen LogP contribution in [0, 0.1) is 0 Å². The first-order valence-electron chi connectivity index (χ1n) is 8.19. The Kier molecular flexibility index (Phi) is 9.72. The van der Waals surface area contributed by atoms with E-state index in [0.717, 1.165) is 24.9 Å². The van der Waals surface area contributed by atoms with E-state index in [4.69, 9.17) is 0 Å². The number of ether oxygens (including phenoxy) is 1. The molecule has 1 N–H and O–H groups in total. The van der Waals surface area contributed by atoms with Gasteiger partial charge < -0.3 is 10.1 Å². The van der Waals surface area contributed by atoms with E-state index in [1.165, 1.54) is 7.11 Å². The number of methoxy groups -OCH3 is 1. The fourth-order valence-corrected chi connectivity index (χ4v) is 2.97. The molecule has 0 heterocycles. The van der Waals surface area contributed by atoms with Gasteiger partial charge in [0, 0.05) is 17.9 Å². The van der Waals surface area contributed by atoms with Gasteiger partial charge in [-0.25, -0.2) is 8.51 Å². The molecule has 0 spiro atoms. The smallest absolute Gasteiger partial charge is 0.325 e. The molecule has 1 aromatic carbocycles. The molecule has 1 atom stereocenters. The lowest BCUT2D eigenvalue weighted by Crippen LogP contribution is -2.30. The summed E-state index contributed by atoms with van der Waals surface area (Å²) < 4.78 is 18.1. The first kappa shape index (κ1) is 21.1. The number of unbranched alkanes of at least 4 members (excludes halogenated alkanes) is 1. The highest BCUT2D eigenvalue weighted by Crippen LogP contribution is 2.08. The standard InChI is InChI=1S/C18H26N2O4S/c1-4-20(2)25(23)12-7-5-6-9-15-10-8-11-16(13-15)18(22)19-14-17(21)24-3/h6,8-11,13H,4-5,7,12,14H2,1-3H3,(H,19,22)/b9-6-. The number of benzene rings is 1. The van der Waals surface area contributed by atoms with Gasteiger partial charge in [0.05, 0.1) is 18.1 Å². The molecule has 1 amide bonds. The van der Waals surface area contributed by atoms with Crippen LogP contribution < -0.4 is 5.32 Å². The van der Waals surface area contributed by atoms with Gasteiger partial charge in [0.1, 0.15) is 6.54 Å². The predicted molar refractivity (Wildman–Crippen MR) is 100 cm³/mol. The number of nitrogens with zero attached hydrogens (tertiary/aromatic N) is 1. The van der Waals surface area contributed by atoms with Crippen LogP contribution in [0.2, 0.25) is 0 Å². The number of hydrogen-bond acceptors (Lipinski definition) is 4. The van der Waals surface area contributed by atoms with Crippen molar-refractivity contribution in [2.75, 3.05) is 33.0 Å². The molecule has 0 radical (unpaired) electrons. The molecule has 1 aromatic rings. The summed E-state index contributed by atoms with van der Waals surface area (Å²) in [4.78, 5) is 23.0. The third kappa shape index (κ3) is 8.09. The van der Waals surface area contributed by atoms with Gasteiger partial charge in [-0.1, -0.05) is 31.2 Å². The highest BCUT2D eigenvalue weighted by Gasteiger charge is 2.08. The molecule has 0 bridgehead atoms. The zero-order valence-electron chi connectivity index (χ0n) is 15.0. The second kappa shape index (κ2) is 11.5. The zero-order chi connectivity index (χ0) is 18.7. The largest absolute Gasteiger partial charge is 0.468 e. The summed E-state index contributed by atoms with van der Waals surface area (Å²) in [5.74, 6) is -0.167. The van der Waals surface area contributed by atoms with Crippen molar-refractivity contribution in [2.45, 2.75) is 19.8 Å². The highest BCUT2D eigenvalue weighted by molar-refractivity contribution is 7.82. The van der Waals surface area contributed by atoms with Gasteiger partial charge in [-0.05, 0) is 37.6 Å². The Morgan fingerprint density at radius 2 is 2.12 bits per heavy atom. The Morgan fingerprint density at radius 1 is 1.36 bits per heavy atom. The first-order valence-corrected chi connectivity index (χ1v) is 9.46. The number of amides is 1. The lowest BCUT2D eigenvalue weighted by atomic mass is 10.1. The number of nitrogens with one attached hydrogen (secondary N) is 1. The number of carbonyl (C=O) groups is 2. The van der Waals surface area contributed by atoms with Crippen molar-refractivity contribution in [3.63, 3.8) is 0 Å². The van der Waals surface area contributed by atoms with Gasteiger partial charge in [0.15, 0.2) is 0 Å². The van der Waals surface area contributed by atoms with E-state index in [9.17, 15) is 13.8 Å². The van der Waals surface area contributed by atoms with Crippen LogP contribution >= 0.6 is 0 Å². The van der Waals surface area contributed by atoms with Gasteiger partial charge in [-0.15, -0.1) is 0 Å². The maximum atomic E-state index is 12.0. The van der Waals surface area contributed by atoms with Crippen LogP contribution in [0.1, 0.15) is 35.7 Å². The second-order valence-electron chi connectivity index (χ2n) is 5.40. The van der Waals surface area contributed by atoms with E-state index in [2.05, 4.69) is 10.1 Å². The molecule has 0 aliphatic heterocycles. The Morgan fingerprint density at radius 3 is 2.80 bits per heavy atom. The average molecular weight is 366 g/mol. The normalized spacial score (nSPS) is 12.3. The summed E-state index contributed by atoms with van der Waals surface area (Å²) in [6, 6.07) is 7.13. The monoisotopic (exact) mass is 366 g/mol. The number of rotatable bonds is 10. The van der Waals surface area contributed by atoms with E-state index >= 15 is 0 Å². The van der Waals surface area contributed by atoms with Crippen LogP contribution in [0.4, 0.5) is 0 Å². The lowest BCUT2D eigenvalue weighted by Gasteiger charge is -2.11. The molecular formula is C18H26N2O4S. The van der Waals surface area contributed by atoms with E-state index in [-0.39, 0.29) is 12.5 Å². The van der Waals surface area contributed by atoms with Crippen LogP contribution in [-0.2, 0) is 20.5 Å². The summed E-state index contributed by atoms with van der Waals surface area (Å²) in [6.45, 7) is 2.60. The summed E-state index contributed by atoms with van der Waals surface area (Å²) in [5, 5.41) is 2.51. The van der Waals surface area contributed by atoms with Gasteiger partial charge in [-0.3, -0.25) is 9.59 Å². The third-order valence-electron chi connectivity index (χ3n) is 3.56. The molecule has 0 aromatic heterocycles. The van der Waals surface area contributed by atoms with Crippen molar-refractivity contribution in [3.8, 4) is 0 Å². The fraction of sp³-hybridized carbons (Fsp3) is 0.444. The predicted octanol–water partition coefficient (Wildman–Crippen LogP) is 2.00. The molecule has 6 nitrogen and oxygen atoms in total. The molecule has 7 heteroatoms. The average Bonchev–Trinajstić information content (AvgIpc) is 2.64. The molecule has 0 saturated heterocycles. The third-order valence-corrected chi connectivity index (χ3v) is 5.15. The zero-order valence-corrected chi connectivity index (χ0v) is 15.8. The quantitative estimate of drug-likeness (QED) is 0.508. The van der Waals surface area contributed by atoms with E-state index in [1.54, 1.807) is 18.2 Å². The molecular weight excluding hydrogens is 340 g/mol. The maximum absolute atomic E-state index is 12.0. The number of hydrogen-bond donors (Lipinski definition) is 1. The number of allylic oxidation sites excluding steroid dienone is 1. The second-order valence-corrected chi connectivity index (χ2v) is 7.07. The van der Waals surface area contributed by atoms with Crippen LogP contribution in [0.5, 0.6) is 0 Å². The Bertz CT molecular complexity index is 631. The molecule has 0 saturated carbocycles. The van der Waals surface area contributed by atoms with Crippen molar-refractivity contribution in [1.29, 1.82) is 0 Å². The van der Waals surface area contributed by atoms with Crippen molar-refractivity contribution in [1.82, 2.24) is 9.62 Å². The molecule has 0 aliphatic carbocycles. The van der Waals surface area contributed by atoms with Gasteiger partial charge in [0.2, 0.25) is 0 Å². The highest BCUT2D eigenvalue weighted by atomic mass is 32.2. The Balaban J connectivity index is 2.48. The van der Waals surface area contributed by atoms with E-state index in [1.807, 2.05) is 36.5 Å². The topological polar surface area (TPSA) is 75.7 Å². The SMILES string of the molecule is CCN(C)S(=O)CCC/C=C\c1cccc(C(=O)NCC(=O)OC)c1. The molecule has 25 heavy (non-hydrogen) atoms. The Hall–Kier alpha value is -1.99. The van der Waals surface area contributed by atoms with Crippen molar-refractivity contribution in [2.24, 2.45) is 0 Å². The van der Waals surface area contributed by atoms with E-state index in [0.29, 0.717) is 11.3 Å². The van der Waals surface area contributed by atoms with Gasteiger partial charge >= 0.3 is 5.97 Å². The number of esters is 1. The molecule has 138 valence electrons. The minimum atomic E-state index is -0.921. The van der Waals surface area contributed by atoms with Crippen molar-refractivity contribution in [3.05, 3.63) is 41.5 Å². The summed E-state index contributed by atoms with van der Waals surface area (Å²) in [7, 11) is 2.20. The van der Waals surface area contributed by atoms with Crippen LogP contribution in [0.25, 0.3) is 6.08 Å². The first-order chi connectivity index (χ1) is 12.0. The maximum Gasteiger partial charge on any atom is 0.325 e. The van der Waals surface area contributed by atoms with Crippen molar-refractivity contribution < 1.29 is 18.5 Å². The summed E-state index contributed by atoms with van der Waals surface area (Å²) >= 11 is 0. The van der Waals surface area contributed by atoms with E-state index < -0.39 is 17.0 Å². The molecule has 1 rings (SSSR count). The van der Waals surface area contributed by atoms with Crippen LogP contribution in [-0.4, -0.2) is 53.4 Å². The van der Waals surface area contributed by atoms with Crippen LogP contribution in [0.15, 0.2) is 30.3 Å². The molecule has 0 aliphatic rings. The minimum Gasteiger partial charge on any atom is -0.468 e. The van der Waals surface area contributed by atoms with Gasteiger partial charge in [-0.2, -0.15) is 0 Å². The molecule has 0 fully saturated rings. The number of carbonyl (C=O) groups excluding carboxylic acids is 2. The minimum absolute atomic E-state index is 0.154. The van der Waals surface area contributed by atoms with Gasteiger partial charge in [0.25, 0.3) is 5.91 Å². The van der Waals surface area contributed by atoms with Crippen molar-refractivity contribution >= 4 is 28.9 Å². The fourth-order valence-electron chi connectivity index (χ4n) is 1.95.